The van der Waals surface area contributed by atoms with E-state index in [1.54, 1.807) is 0 Å². The van der Waals surface area contributed by atoms with Crippen molar-refractivity contribution in [2.45, 2.75) is 77.0 Å². The molecule has 18 rings (SSSR count). The molecule has 0 radical (unpaired) electrons. The number of rotatable bonds is 0. The van der Waals surface area contributed by atoms with Crippen molar-refractivity contribution < 1.29 is 0 Å². The first kappa shape index (κ1) is 47.4. The van der Waals surface area contributed by atoms with Crippen LogP contribution in [0.4, 0.5) is 0 Å². The van der Waals surface area contributed by atoms with E-state index in [0.717, 1.165) is 0 Å². The molecule has 1 heteroatoms. The van der Waals surface area contributed by atoms with Crippen LogP contribution in [-0.4, -0.2) is 0 Å². The standard InChI is InChI=1S/C40H29Br.C40H30/c1-39(2)33-18-29-25-14-8-6-12-23(25)22-11-5-7-13-24(22)28(29)17-30(33)31-19-35-32(20-34(31)39)38-27-16-10-9-15-26(27)37(41)21-36(38)40(35,3)4;1-39(2)34-18-17-23-11-5-6-12-24(23)38(34)33-22-36-32(21-37(33)39)31-19-29-27-15-9-7-13-25(27)26-14-8-10-16-28(26)30(29)20-35(31)40(36,3)4/h5-21H,1-4H3;5-22H,1-4H3. The second kappa shape index (κ2) is 16.0. The Morgan fingerprint density at radius 3 is 0.938 bits per heavy atom. The average Bonchev–Trinajstić information content (AvgIpc) is 4.25. The van der Waals surface area contributed by atoms with E-state index in [2.05, 4.69) is 284 Å². The number of halogens is 1. The highest BCUT2D eigenvalue weighted by molar-refractivity contribution is 9.10. The number of fused-ring (bicyclic) bond motifs is 28. The van der Waals surface area contributed by atoms with Gasteiger partial charge >= 0.3 is 0 Å². The van der Waals surface area contributed by atoms with Crippen molar-refractivity contribution in [3.05, 3.63) is 261 Å². The van der Waals surface area contributed by atoms with E-state index in [0.29, 0.717) is 0 Å². The zero-order valence-corrected chi connectivity index (χ0v) is 48.7. The fourth-order valence-corrected chi connectivity index (χ4v) is 16.9. The summed E-state index contributed by atoms with van der Waals surface area (Å²) in [7, 11) is 0. The lowest BCUT2D eigenvalue weighted by Gasteiger charge is -2.24. The van der Waals surface area contributed by atoms with Gasteiger partial charge in [0, 0.05) is 26.1 Å². The molecule has 0 nitrogen and oxygen atoms in total. The van der Waals surface area contributed by atoms with Crippen LogP contribution < -0.4 is 0 Å². The predicted molar refractivity (Wildman–Crippen MR) is 351 cm³/mol. The molecular formula is C80H59Br. The van der Waals surface area contributed by atoms with Gasteiger partial charge in [0.25, 0.3) is 0 Å². The summed E-state index contributed by atoms with van der Waals surface area (Å²) >= 11 is 3.90. The van der Waals surface area contributed by atoms with E-state index < -0.39 is 0 Å². The summed E-state index contributed by atoms with van der Waals surface area (Å²) in [5, 5.41) is 21.4. The molecule has 81 heavy (non-hydrogen) atoms. The first-order valence-corrected chi connectivity index (χ1v) is 29.8. The molecule has 386 valence electrons. The molecular weight excluding hydrogens is 1040 g/mol. The van der Waals surface area contributed by atoms with Crippen LogP contribution in [0, 0.1) is 0 Å². The molecule has 0 atom stereocenters. The Hall–Kier alpha value is -8.36. The summed E-state index contributed by atoms with van der Waals surface area (Å²) in [5.41, 5.74) is 22.4. The van der Waals surface area contributed by atoms with E-state index in [4.69, 9.17) is 0 Å². The fraction of sp³-hybridized carbons (Fsp3) is 0.150. The molecule has 14 aromatic rings. The summed E-state index contributed by atoms with van der Waals surface area (Å²) in [4.78, 5) is 0. The minimum Gasteiger partial charge on any atom is -0.0616 e. The average molecular weight is 1100 g/mol. The SMILES string of the molecule is CC1(C)c2cc3c(cc2-c2cc4c5ccccc5c5ccccc5c4cc21)C(C)(C)c1cc(Br)c2ccccc2c1-3.CC1(C)c2cc3c(cc2-c2cc4c5ccccc5c5ccccc5c4cc21)C(C)(C)c1ccc2ccccc2c1-3. The van der Waals surface area contributed by atoms with E-state index in [9.17, 15) is 0 Å². The van der Waals surface area contributed by atoms with Crippen LogP contribution in [0.5, 0.6) is 0 Å². The molecule has 0 fully saturated rings. The summed E-state index contributed by atoms with van der Waals surface area (Å²) in [5.74, 6) is 0. The quantitative estimate of drug-likeness (QED) is 0.133. The van der Waals surface area contributed by atoms with E-state index in [1.807, 2.05) is 0 Å². The third kappa shape index (κ3) is 6.10. The molecule has 0 unspecified atom stereocenters. The van der Waals surface area contributed by atoms with Crippen LogP contribution in [0.3, 0.4) is 0 Å². The largest absolute Gasteiger partial charge is 0.0616 e. The van der Waals surface area contributed by atoms with Gasteiger partial charge in [-0.1, -0.05) is 229 Å². The van der Waals surface area contributed by atoms with Crippen molar-refractivity contribution in [1.82, 2.24) is 0 Å². The third-order valence-electron chi connectivity index (χ3n) is 20.5. The molecule has 0 amide bonds. The van der Waals surface area contributed by atoms with Crippen molar-refractivity contribution >= 4 is 102 Å². The number of hydrogen-bond acceptors (Lipinski definition) is 0. The first-order chi connectivity index (χ1) is 39.1. The lowest BCUT2D eigenvalue weighted by atomic mass is 9.79. The van der Waals surface area contributed by atoms with Crippen molar-refractivity contribution in [3.63, 3.8) is 0 Å². The predicted octanol–water partition coefficient (Wildman–Crippen LogP) is 22.6. The van der Waals surface area contributed by atoms with Crippen LogP contribution in [0.2, 0.25) is 0 Å². The molecule has 0 aliphatic heterocycles. The Balaban J connectivity index is 0.000000129. The highest BCUT2D eigenvalue weighted by atomic mass is 79.9. The molecule has 0 aromatic heterocycles. The zero-order chi connectivity index (χ0) is 54.8. The summed E-state index contributed by atoms with van der Waals surface area (Å²) in [6.45, 7) is 19.3. The van der Waals surface area contributed by atoms with Crippen LogP contribution in [0.25, 0.3) is 131 Å². The molecule has 0 bridgehead atoms. The molecule has 4 aliphatic rings. The van der Waals surface area contributed by atoms with Gasteiger partial charge in [-0.3, -0.25) is 0 Å². The van der Waals surface area contributed by atoms with E-state index in [1.165, 1.54) is 180 Å². The maximum absolute atomic E-state index is 3.90. The molecule has 4 aliphatic carbocycles. The summed E-state index contributed by atoms with van der Waals surface area (Å²) in [6.07, 6.45) is 0. The molecule has 0 heterocycles. The Morgan fingerprint density at radius 1 is 0.210 bits per heavy atom. The van der Waals surface area contributed by atoms with Crippen LogP contribution in [0.15, 0.2) is 217 Å². The minimum atomic E-state index is -0.0985. The number of hydrogen-bond donors (Lipinski definition) is 0. The van der Waals surface area contributed by atoms with Gasteiger partial charge in [-0.15, -0.1) is 0 Å². The summed E-state index contributed by atoms with van der Waals surface area (Å²) in [6, 6.07) is 80.6. The van der Waals surface area contributed by atoms with Gasteiger partial charge in [-0.2, -0.15) is 0 Å². The second-order valence-electron chi connectivity index (χ2n) is 26.0. The van der Waals surface area contributed by atoms with Crippen LogP contribution in [-0.2, 0) is 21.7 Å². The Morgan fingerprint density at radius 2 is 0.494 bits per heavy atom. The Bertz CT molecular complexity index is 5230. The molecule has 0 saturated carbocycles. The monoisotopic (exact) mass is 1100 g/mol. The molecule has 0 N–H and O–H groups in total. The van der Waals surface area contributed by atoms with Gasteiger partial charge in [-0.25, -0.2) is 0 Å². The Labute approximate surface area is 481 Å². The van der Waals surface area contributed by atoms with Gasteiger partial charge in [0.1, 0.15) is 0 Å². The van der Waals surface area contributed by atoms with Gasteiger partial charge < -0.3 is 0 Å². The van der Waals surface area contributed by atoms with Gasteiger partial charge in [0.15, 0.2) is 0 Å². The summed E-state index contributed by atoms with van der Waals surface area (Å²) < 4.78 is 1.18. The zero-order valence-electron chi connectivity index (χ0n) is 47.1. The van der Waals surface area contributed by atoms with Gasteiger partial charge in [0.2, 0.25) is 0 Å². The lowest BCUT2D eigenvalue weighted by Crippen LogP contribution is -2.17. The highest BCUT2D eigenvalue weighted by Crippen LogP contribution is 2.61. The van der Waals surface area contributed by atoms with Gasteiger partial charge in [0.05, 0.1) is 0 Å². The van der Waals surface area contributed by atoms with Crippen molar-refractivity contribution in [2.24, 2.45) is 0 Å². The topological polar surface area (TPSA) is 0 Å². The third-order valence-corrected chi connectivity index (χ3v) is 21.2. The lowest BCUT2D eigenvalue weighted by molar-refractivity contribution is 0.652. The van der Waals surface area contributed by atoms with E-state index >= 15 is 0 Å². The van der Waals surface area contributed by atoms with Crippen LogP contribution >= 0.6 is 15.9 Å². The van der Waals surface area contributed by atoms with Crippen molar-refractivity contribution in [3.8, 4) is 44.5 Å². The first-order valence-electron chi connectivity index (χ1n) is 29.0. The molecule has 14 aromatic carbocycles. The highest BCUT2D eigenvalue weighted by Gasteiger charge is 2.45. The van der Waals surface area contributed by atoms with Gasteiger partial charge in [-0.05, 0) is 230 Å². The second-order valence-corrected chi connectivity index (χ2v) is 26.8. The molecule has 0 saturated heterocycles. The van der Waals surface area contributed by atoms with E-state index in [-0.39, 0.29) is 21.7 Å². The van der Waals surface area contributed by atoms with Crippen molar-refractivity contribution in [2.75, 3.05) is 0 Å². The van der Waals surface area contributed by atoms with Crippen LogP contribution in [0.1, 0.15) is 99.9 Å². The molecule has 0 spiro atoms. The maximum atomic E-state index is 3.90. The fourth-order valence-electron chi connectivity index (χ4n) is 16.3. The van der Waals surface area contributed by atoms with Crippen molar-refractivity contribution in [1.29, 1.82) is 0 Å². The minimum absolute atomic E-state index is 0.0453. The maximum Gasteiger partial charge on any atom is 0.0257 e. The number of benzene rings is 14. The normalized spacial score (nSPS) is 15.9. The smallest absolute Gasteiger partial charge is 0.0257 e. The Kier molecular flexibility index (Phi) is 9.35.